The highest BCUT2D eigenvalue weighted by molar-refractivity contribution is 5.74. The Morgan fingerprint density at radius 2 is 1.95 bits per heavy atom. The number of nitrogens with zero attached hydrogens (tertiary/aromatic N) is 1. The maximum atomic E-state index is 11.6. The van der Waals surface area contributed by atoms with E-state index in [2.05, 4.69) is 29.4 Å². The van der Waals surface area contributed by atoms with Gasteiger partial charge in [0.15, 0.2) is 0 Å². The third-order valence-corrected chi connectivity index (χ3v) is 3.93. The molecule has 0 saturated carbocycles. The molecule has 1 aliphatic rings. The van der Waals surface area contributed by atoms with Crippen LogP contribution in [0.5, 0.6) is 0 Å². The van der Waals surface area contributed by atoms with E-state index >= 15 is 0 Å². The van der Waals surface area contributed by atoms with Crippen molar-refractivity contribution in [2.75, 3.05) is 32.8 Å². The number of hydrogen-bond donors (Lipinski definition) is 3. The van der Waals surface area contributed by atoms with E-state index in [-0.39, 0.29) is 18.7 Å². The Hall–Kier alpha value is -0.810. The molecule has 0 spiro atoms. The standard InChI is InChI=1S/C15H31N3O2/c1-12(2)4-7-18-8-5-14(6-9-18)10-16-15(20)17-13(3)11-19/h12-14,19H,4-11H2,1-3H3,(H2,16,17,20). The highest BCUT2D eigenvalue weighted by atomic mass is 16.3. The normalized spacial score (nSPS) is 19.1. The van der Waals surface area contributed by atoms with E-state index in [1.54, 1.807) is 6.92 Å². The molecule has 118 valence electrons. The molecule has 1 fully saturated rings. The Balaban J connectivity index is 2.11. The quantitative estimate of drug-likeness (QED) is 0.663. The van der Waals surface area contributed by atoms with Crippen LogP contribution in [0, 0.1) is 11.8 Å². The van der Waals surface area contributed by atoms with Gasteiger partial charge >= 0.3 is 6.03 Å². The van der Waals surface area contributed by atoms with Crippen molar-refractivity contribution in [3.05, 3.63) is 0 Å². The lowest BCUT2D eigenvalue weighted by Crippen LogP contribution is -2.45. The van der Waals surface area contributed by atoms with Crippen LogP contribution in [0.4, 0.5) is 4.79 Å². The van der Waals surface area contributed by atoms with Gasteiger partial charge in [-0.05, 0) is 57.7 Å². The number of urea groups is 1. The minimum absolute atomic E-state index is 0.0261. The minimum atomic E-state index is -0.187. The average molecular weight is 285 g/mol. The van der Waals surface area contributed by atoms with Gasteiger partial charge in [0.1, 0.15) is 0 Å². The number of likely N-dealkylation sites (tertiary alicyclic amines) is 1. The molecule has 0 aliphatic carbocycles. The number of carbonyl (C=O) groups excluding carboxylic acids is 1. The smallest absolute Gasteiger partial charge is 0.315 e. The number of aliphatic hydroxyl groups is 1. The fraction of sp³-hybridized carbons (Fsp3) is 0.933. The van der Waals surface area contributed by atoms with Crippen LogP contribution in [-0.4, -0.2) is 54.9 Å². The van der Waals surface area contributed by atoms with Crippen molar-refractivity contribution in [1.29, 1.82) is 0 Å². The number of nitrogens with one attached hydrogen (secondary N) is 2. The molecular formula is C15H31N3O2. The van der Waals surface area contributed by atoms with Gasteiger partial charge in [-0.3, -0.25) is 0 Å². The van der Waals surface area contributed by atoms with Crippen molar-refractivity contribution < 1.29 is 9.90 Å². The highest BCUT2D eigenvalue weighted by Crippen LogP contribution is 2.17. The first-order valence-electron chi connectivity index (χ1n) is 7.88. The Bertz CT molecular complexity index is 276. The van der Waals surface area contributed by atoms with E-state index in [9.17, 15) is 4.79 Å². The molecule has 1 rings (SSSR count). The maximum Gasteiger partial charge on any atom is 0.315 e. The fourth-order valence-corrected chi connectivity index (χ4v) is 2.41. The molecule has 5 heteroatoms. The minimum Gasteiger partial charge on any atom is -0.394 e. The number of carbonyl (C=O) groups is 1. The topological polar surface area (TPSA) is 64.6 Å². The lowest BCUT2D eigenvalue weighted by atomic mass is 9.96. The summed E-state index contributed by atoms with van der Waals surface area (Å²) in [6.45, 7) is 10.5. The van der Waals surface area contributed by atoms with Crippen molar-refractivity contribution in [1.82, 2.24) is 15.5 Å². The summed E-state index contributed by atoms with van der Waals surface area (Å²) in [5, 5.41) is 14.5. The third-order valence-electron chi connectivity index (χ3n) is 3.93. The predicted octanol–water partition coefficient (Wildman–Crippen LogP) is 1.42. The van der Waals surface area contributed by atoms with E-state index in [1.165, 1.54) is 13.0 Å². The molecule has 1 heterocycles. The molecule has 1 unspecified atom stereocenters. The second kappa shape index (κ2) is 9.19. The van der Waals surface area contributed by atoms with Crippen molar-refractivity contribution in [3.8, 4) is 0 Å². The lowest BCUT2D eigenvalue weighted by molar-refractivity contribution is 0.173. The predicted molar refractivity (Wildman–Crippen MR) is 81.7 cm³/mol. The molecule has 5 nitrogen and oxygen atoms in total. The van der Waals surface area contributed by atoms with Gasteiger partial charge in [-0.15, -0.1) is 0 Å². The summed E-state index contributed by atoms with van der Waals surface area (Å²) >= 11 is 0. The fourth-order valence-electron chi connectivity index (χ4n) is 2.41. The van der Waals surface area contributed by atoms with Gasteiger partial charge < -0.3 is 20.6 Å². The van der Waals surface area contributed by atoms with Crippen LogP contribution in [0.15, 0.2) is 0 Å². The van der Waals surface area contributed by atoms with Gasteiger partial charge in [-0.25, -0.2) is 4.79 Å². The summed E-state index contributed by atoms with van der Waals surface area (Å²) in [6.07, 6.45) is 3.59. The summed E-state index contributed by atoms with van der Waals surface area (Å²) in [7, 11) is 0. The van der Waals surface area contributed by atoms with Gasteiger partial charge in [0, 0.05) is 6.54 Å². The van der Waals surface area contributed by atoms with Gasteiger partial charge in [0.25, 0.3) is 0 Å². The average Bonchev–Trinajstić information content (AvgIpc) is 2.43. The zero-order valence-electron chi connectivity index (χ0n) is 13.2. The molecule has 0 aromatic rings. The van der Waals surface area contributed by atoms with Crippen LogP contribution in [0.2, 0.25) is 0 Å². The Kier molecular flexibility index (Phi) is 7.92. The molecule has 0 aromatic heterocycles. The lowest BCUT2D eigenvalue weighted by Gasteiger charge is -2.32. The van der Waals surface area contributed by atoms with Gasteiger partial charge in [-0.1, -0.05) is 13.8 Å². The Morgan fingerprint density at radius 1 is 1.30 bits per heavy atom. The second-order valence-electron chi connectivity index (χ2n) is 6.41. The molecule has 0 aromatic carbocycles. The molecule has 1 atom stereocenters. The van der Waals surface area contributed by atoms with Crippen LogP contribution < -0.4 is 10.6 Å². The number of amides is 2. The van der Waals surface area contributed by atoms with Crippen LogP contribution in [-0.2, 0) is 0 Å². The summed E-state index contributed by atoms with van der Waals surface area (Å²) in [4.78, 5) is 14.1. The van der Waals surface area contributed by atoms with Gasteiger partial charge in [0.2, 0.25) is 0 Å². The van der Waals surface area contributed by atoms with E-state index in [0.717, 1.165) is 38.4 Å². The van der Waals surface area contributed by atoms with Crippen molar-refractivity contribution in [2.45, 2.75) is 46.1 Å². The van der Waals surface area contributed by atoms with E-state index < -0.39 is 0 Å². The first-order valence-corrected chi connectivity index (χ1v) is 7.88. The van der Waals surface area contributed by atoms with Crippen LogP contribution in [0.3, 0.4) is 0 Å². The molecule has 20 heavy (non-hydrogen) atoms. The molecule has 1 aliphatic heterocycles. The largest absolute Gasteiger partial charge is 0.394 e. The molecule has 0 bridgehead atoms. The molecule has 1 saturated heterocycles. The zero-order chi connectivity index (χ0) is 15.0. The Morgan fingerprint density at radius 3 is 2.50 bits per heavy atom. The summed E-state index contributed by atoms with van der Waals surface area (Å²) in [5.74, 6) is 1.35. The SMILES string of the molecule is CC(C)CCN1CCC(CNC(=O)NC(C)CO)CC1. The van der Waals surface area contributed by atoms with Gasteiger partial charge in [-0.2, -0.15) is 0 Å². The summed E-state index contributed by atoms with van der Waals surface area (Å²) in [5.41, 5.74) is 0. The zero-order valence-corrected chi connectivity index (χ0v) is 13.2. The molecule has 2 amide bonds. The van der Waals surface area contributed by atoms with Gasteiger partial charge in [0.05, 0.1) is 12.6 Å². The number of hydrogen-bond acceptors (Lipinski definition) is 3. The van der Waals surface area contributed by atoms with E-state index in [4.69, 9.17) is 5.11 Å². The van der Waals surface area contributed by atoms with Crippen molar-refractivity contribution >= 4 is 6.03 Å². The second-order valence-corrected chi connectivity index (χ2v) is 6.41. The summed E-state index contributed by atoms with van der Waals surface area (Å²) in [6, 6.07) is -0.360. The molecule has 0 radical (unpaired) electrons. The Labute approximate surface area is 123 Å². The first-order chi connectivity index (χ1) is 9.51. The first kappa shape index (κ1) is 17.2. The molecule has 3 N–H and O–H groups in total. The number of aliphatic hydroxyl groups excluding tert-OH is 1. The maximum absolute atomic E-state index is 11.6. The van der Waals surface area contributed by atoms with E-state index in [0.29, 0.717) is 5.92 Å². The van der Waals surface area contributed by atoms with Crippen LogP contribution >= 0.6 is 0 Å². The van der Waals surface area contributed by atoms with Crippen molar-refractivity contribution in [2.24, 2.45) is 11.8 Å². The third kappa shape index (κ3) is 7.10. The summed E-state index contributed by atoms with van der Waals surface area (Å²) < 4.78 is 0. The number of rotatable bonds is 7. The monoisotopic (exact) mass is 285 g/mol. The number of piperidine rings is 1. The van der Waals surface area contributed by atoms with Crippen molar-refractivity contribution in [3.63, 3.8) is 0 Å². The van der Waals surface area contributed by atoms with E-state index in [1.807, 2.05) is 0 Å². The highest BCUT2D eigenvalue weighted by Gasteiger charge is 2.19. The van der Waals surface area contributed by atoms with Crippen LogP contribution in [0.1, 0.15) is 40.0 Å². The van der Waals surface area contributed by atoms with Crippen LogP contribution in [0.25, 0.3) is 0 Å². The molecular weight excluding hydrogens is 254 g/mol.